The molecule has 0 atom stereocenters. The third-order valence-corrected chi connectivity index (χ3v) is 5.34. The third-order valence-electron chi connectivity index (χ3n) is 3.53. The van der Waals surface area contributed by atoms with Crippen LogP contribution < -0.4 is 4.31 Å². The molecule has 0 aromatic heterocycles. The van der Waals surface area contributed by atoms with Crippen molar-refractivity contribution in [2.75, 3.05) is 10.8 Å². The maximum absolute atomic E-state index is 13.0. The fraction of sp³-hybridized carbons (Fsp3) is 0.188. The predicted octanol–water partition coefficient (Wildman–Crippen LogP) is 2.49. The van der Waals surface area contributed by atoms with E-state index in [2.05, 4.69) is 0 Å². The number of rotatable bonds is 6. The molecule has 0 aliphatic heterocycles. The lowest BCUT2D eigenvalue weighted by Crippen LogP contribution is -2.36. The second-order valence-corrected chi connectivity index (χ2v) is 7.25. The number of hydrogen-bond donors (Lipinski definition) is 1. The van der Waals surface area contributed by atoms with Crippen molar-refractivity contribution in [3.63, 3.8) is 0 Å². The Morgan fingerprint density at radius 2 is 1.84 bits per heavy atom. The Hall–Kier alpha value is -2.94. The van der Waals surface area contributed by atoms with Crippen molar-refractivity contribution in [2.24, 2.45) is 0 Å². The molecule has 2 rings (SSSR count). The highest BCUT2D eigenvalue weighted by Gasteiger charge is 2.33. The van der Waals surface area contributed by atoms with E-state index < -0.39 is 38.0 Å². The van der Waals surface area contributed by atoms with Crippen LogP contribution >= 0.6 is 0 Å². The first-order valence-corrected chi connectivity index (χ1v) is 8.64. The van der Waals surface area contributed by atoms with Gasteiger partial charge >= 0.3 is 5.97 Å². The SMILES string of the molecule is Cc1ccc(N(CC(=O)O)S(=O)(=O)c2ccccc2[N+](=O)[O-])c(C)c1. The number of nitro groups is 1. The Bertz CT molecular complexity index is 939. The number of carboxylic acid groups (broad SMARTS) is 1. The Kier molecular flexibility index (Phi) is 5.07. The molecule has 1 N–H and O–H groups in total. The Morgan fingerprint density at radius 1 is 1.20 bits per heavy atom. The van der Waals surface area contributed by atoms with E-state index in [4.69, 9.17) is 5.11 Å². The lowest BCUT2D eigenvalue weighted by molar-refractivity contribution is -0.387. The molecule has 0 radical (unpaired) electrons. The minimum absolute atomic E-state index is 0.158. The van der Waals surface area contributed by atoms with E-state index >= 15 is 0 Å². The van der Waals surface area contributed by atoms with Crippen molar-refractivity contribution in [2.45, 2.75) is 18.7 Å². The summed E-state index contributed by atoms with van der Waals surface area (Å²) in [5.41, 5.74) is 0.969. The molecule has 0 saturated heterocycles. The Balaban J connectivity index is 2.69. The zero-order valence-electron chi connectivity index (χ0n) is 13.5. The fourth-order valence-electron chi connectivity index (χ4n) is 2.45. The van der Waals surface area contributed by atoms with Crippen molar-refractivity contribution in [3.05, 3.63) is 63.7 Å². The van der Waals surface area contributed by atoms with Crippen molar-refractivity contribution in [1.29, 1.82) is 0 Å². The number of sulfonamides is 1. The average Bonchev–Trinajstić information content (AvgIpc) is 2.53. The number of nitrogens with zero attached hydrogens (tertiary/aromatic N) is 2. The van der Waals surface area contributed by atoms with Crippen molar-refractivity contribution in [1.82, 2.24) is 0 Å². The summed E-state index contributed by atoms with van der Waals surface area (Å²) in [5.74, 6) is -1.37. The van der Waals surface area contributed by atoms with Gasteiger partial charge in [0, 0.05) is 6.07 Å². The Morgan fingerprint density at radius 3 is 2.40 bits per heavy atom. The van der Waals surface area contributed by atoms with E-state index in [-0.39, 0.29) is 5.69 Å². The second kappa shape index (κ2) is 6.89. The summed E-state index contributed by atoms with van der Waals surface area (Å²) in [4.78, 5) is 21.0. The second-order valence-electron chi connectivity index (χ2n) is 5.42. The molecule has 0 spiro atoms. The first-order chi connectivity index (χ1) is 11.6. The number of carbonyl (C=O) groups is 1. The average molecular weight is 364 g/mol. The van der Waals surface area contributed by atoms with Gasteiger partial charge in [-0.15, -0.1) is 0 Å². The number of nitro benzene ring substituents is 1. The quantitative estimate of drug-likeness (QED) is 0.621. The number of benzene rings is 2. The molecular formula is C16H16N2O6S. The molecule has 8 nitrogen and oxygen atoms in total. The Labute approximate surface area is 144 Å². The number of aryl methyl sites for hydroxylation is 2. The van der Waals surface area contributed by atoms with Crippen molar-refractivity contribution >= 4 is 27.4 Å². The molecule has 0 aliphatic rings. The highest BCUT2D eigenvalue weighted by atomic mass is 32.2. The summed E-state index contributed by atoms with van der Waals surface area (Å²) in [6.45, 7) is 2.61. The van der Waals surface area contributed by atoms with Gasteiger partial charge in [-0.1, -0.05) is 29.8 Å². The molecule has 132 valence electrons. The standard InChI is InChI=1S/C16H16N2O6S/c1-11-7-8-13(12(2)9-11)17(10-16(19)20)25(23,24)15-6-4-3-5-14(15)18(21)22/h3-9H,10H2,1-2H3,(H,19,20). The first kappa shape index (κ1) is 18.4. The van der Waals surface area contributed by atoms with Gasteiger partial charge in [-0.25, -0.2) is 8.42 Å². The summed E-state index contributed by atoms with van der Waals surface area (Å²) >= 11 is 0. The van der Waals surface area contributed by atoms with Crippen LogP contribution in [0.5, 0.6) is 0 Å². The van der Waals surface area contributed by atoms with E-state index in [0.29, 0.717) is 9.87 Å². The summed E-state index contributed by atoms with van der Waals surface area (Å²) in [5, 5.41) is 20.3. The maximum atomic E-state index is 13.0. The molecule has 2 aromatic rings. The minimum Gasteiger partial charge on any atom is -0.480 e. The molecule has 0 saturated carbocycles. The number of aliphatic carboxylic acids is 1. The van der Waals surface area contributed by atoms with Gasteiger partial charge in [-0.3, -0.25) is 19.2 Å². The molecule has 0 aliphatic carbocycles. The van der Waals surface area contributed by atoms with Crippen molar-refractivity contribution < 1.29 is 23.2 Å². The van der Waals surface area contributed by atoms with Crippen LogP contribution in [0.1, 0.15) is 11.1 Å². The molecule has 0 unspecified atom stereocenters. The lowest BCUT2D eigenvalue weighted by Gasteiger charge is -2.24. The lowest BCUT2D eigenvalue weighted by atomic mass is 10.1. The van der Waals surface area contributed by atoms with E-state index in [9.17, 15) is 23.3 Å². The van der Waals surface area contributed by atoms with Crippen LogP contribution in [0.2, 0.25) is 0 Å². The van der Waals surface area contributed by atoms with Crippen LogP contribution in [0.25, 0.3) is 0 Å². The van der Waals surface area contributed by atoms with Gasteiger partial charge in [0.25, 0.3) is 15.7 Å². The van der Waals surface area contributed by atoms with Crippen molar-refractivity contribution in [3.8, 4) is 0 Å². The largest absolute Gasteiger partial charge is 0.480 e. The molecule has 0 heterocycles. The van der Waals surface area contributed by atoms with Crippen LogP contribution in [0.3, 0.4) is 0 Å². The third kappa shape index (κ3) is 3.77. The van der Waals surface area contributed by atoms with Gasteiger partial charge in [-0.05, 0) is 31.5 Å². The highest BCUT2D eigenvalue weighted by Crippen LogP contribution is 2.31. The van der Waals surface area contributed by atoms with E-state index in [0.717, 1.165) is 17.7 Å². The van der Waals surface area contributed by atoms with Crippen LogP contribution in [0, 0.1) is 24.0 Å². The summed E-state index contributed by atoms with van der Waals surface area (Å²) in [6, 6.07) is 9.68. The van der Waals surface area contributed by atoms with Gasteiger partial charge in [0.15, 0.2) is 4.90 Å². The number of carboxylic acids is 1. The van der Waals surface area contributed by atoms with Gasteiger partial charge in [0.05, 0.1) is 10.6 Å². The van der Waals surface area contributed by atoms with Crippen LogP contribution in [0.4, 0.5) is 11.4 Å². The molecule has 25 heavy (non-hydrogen) atoms. The summed E-state index contributed by atoms with van der Waals surface area (Å²) in [7, 11) is -4.45. The first-order valence-electron chi connectivity index (χ1n) is 7.20. The van der Waals surface area contributed by atoms with E-state index in [1.807, 2.05) is 6.92 Å². The summed E-state index contributed by atoms with van der Waals surface area (Å²) < 4.78 is 26.7. The predicted molar refractivity (Wildman–Crippen MR) is 91.2 cm³/mol. The molecule has 0 amide bonds. The van der Waals surface area contributed by atoms with Crippen LogP contribution in [0.15, 0.2) is 47.4 Å². The topological polar surface area (TPSA) is 118 Å². The van der Waals surface area contributed by atoms with E-state index in [1.54, 1.807) is 19.1 Å². The van der Waals surface area contributed by atoms with Gasteiger partial charge in [-0.2, -0.15) is 0 Å². The molecular weight excluding hydrogens is 348 g/mol. The maximum Gasteiger partial charge on any atom is 0.324 e. The van der Waals surface area contributed by atoms with Gasteiger partial charge < -0.3 is 5.11 Å². The monoisotopic (exact) mass is 364 g/mol. The van der Waals surface area contributed by atoms with Crippen LogP contribution in [-0.2, 0) is 14.8 Å². The minimum atomic E-state index is -4.45. The fourth-order valence-corrected chi connectivity index (χ4v) is 4.09. The zero-order valence-corrected chi connectivity index (χ0v) is 14.4. The molecule has 2 aromatic carbocycles. The summed E-state index contributed by atoms with van der Waals surface area (Å²) in [6.07, 6.45) is 0. The highest BCUT2D eigenvalue weighted by molar-refractivity contribution is 7.93. The van der Waals surface area contributed by atoms with Gasteiger partial charge in [0.2, 0.25) is 0 Å². The number of anilines is 1. The van der Waals surface area contributed by atoms with E-state index in [1.165, 1.54) is 18.2 Å². The van der Waals surface area contributed by atoms with Gasteiger partial charge in [0.1, 0.15) is 6.54 Å². The molecule has 0 fully saturated rings. The molecule has 9 heteroatoms. The smallest absolute Gasteiger partial charge is 0.324 e. The molecule has 0 bridgehead atoms. The zero-order chi connectivity index (χ0) is 18.8. The number of para-hydroxylation sites is 1. The van der Waals surface area contributed by atoms with Crippen LogP contribution in [-0.4, -0.2) is 31.0 Å². The normalized spacial score (nSPS) is 11.1. The number of hydrogen-bond acceptors (Lipinski definition) is 5.